The van der Waals surface area contributed by atoms with Crippen LogP contribution in [0.3, 0.4) is 0 Å². The number of halogens is 1. The van der Waals surface area contributed by atoms with E-state index in [2.05, 4.69) is 41.1 Å². The fourth-order valence-electron chi connectivity index (χ4n) is 4.08. The highest BCUT2D eigenvalue weighted by Gasteiger charge is 2.27. The Morgan fingerprint density at radius 2 is 1.80 bits per heavy atom. The zero-order valence-electron chi connectivity index (χ0n) is 17.6. The highest BCUT2D eigenvalue weighted by Crippen LogP contribution is 2.35. The van der Waals surface area contributed by atoms with E-state index < -0.39 is 0 Å². The molecule has 0 radical (unpaired) electrons. The molecule has 6 heteroatoms. The van der Waals surface area contributed by atoms with Crippen molar-refractivity contribution in [1.82, 2.24) is 16.0 Å². The number of benzene rings is 2. The summed E-state index contributed by atoms with van der Waals surface area (Å²) in [6, 6.07) is 16.7. The summed E-state index contributed by atoms with van der Waals surface area (Å²) < 4.78 is 0. The highest BCUT2D eigenvalue weighted by molar-refractivity contribution is 6.30. The Kier molecular flexibility index (Phi) is 7.88. The predicted molar refractivity (Wildman–Crippen MR) is 121 cm³/mol. The highest BCUT2D eigenvalue weighted by atomic mass is 35.5. The van der Waals surface area contributed by atoms with Crippen LogP contribution in [0.2, 0.25) is 5.02 Å². The maximum absolute atomic E-state index is 12.2. The van der Waals surface area contributed by atoms with Gasteiger partial charge in [0.25, 0.3) is 5.91 Å². The molecule has 1 aliphatic carbocycles. The second kappa shape index (κ2) is 10.6. The molecule has 30 heavy (non-hydrogen) atoms. The van der Waals surface area contributed by atoms with Gasteiger partial charge in [-0.2, -0.15) is 0 Å². The Labute approximate surface area is 183 Å². The molecular weight excluding hydrogens is 398 g/mol. The van der Waals surface area contributed by atoms with Gasteiger partial charge in [-0.3, -0.25) is 9.59 Å². The first kappa shape index (κ1) is 22.3. The van der Waals surface area contributed by atoms with E-state index >= 15 is 0 Å². The van der Waals surface area contributed by atoms with Gasteiger partial charge < -0.3 is 16.0 Å². The SMILES string of the molecule is CC(=O)NCCNC(=O)c1ccc([C@H]2CCC(N[C@H](C)c3cccc(Cl)c3)C2)cc1. The van der Waals surface area contributed by atoms with Crippen molar-refractivity contribution >= 4 is 23.4 Å². The van der Waals surface area contributed by atoms with Crippen molar-refractivity contribution in [3.8, 4) is 0 Å². The van der Waals surface area contributed by atoms with Gasteiger partial charge in [-0.05, 0) is 67.5 Å². The first-order valence-electron chi connectivity index (χ1n) is 10.6. The third kappa shape index (κ3) is 6.31. The Morgan fingerprint density at radius 1 is 1.07 bits per heavy atom. The van der Waals surface area contributed by atoms with Gasteiger partial charge >= 0.3 is 0 Å². The van der Waals surface area contributed by atoms with Crippen molar-refractivity contribution in [2.45, 2.75) is 51.1 Å². The largest absolute Gasteiger partial charge is 0.355 e. The lowest BCUT2D eigenvalue weighted by Crippen LogP contribution is -2.33. The molecule has 0 spiro atoms. The average molecular weight is 428 g/mol. The molecule has 3 rings (SSSR count). The maximum Gasteiger partial charge on any atom is 0.251 e. The zero-order chi connectivity index (χ0) is 21.5. The van der Waals surface area contributed by atoms with Gasteiger partial charge in [0.2, 0.25) is 5.91 Å². The second-order valence-electron chi connectivity index (χ2n) is 8.01. The van der Waals surface area contributed by atoms with Gasteiger partial charge in [-0.15, -0.1) is 0 Å². The molecule has 1 fully saturated rings. The summed E-state index contributed by atoms with van der Waals surface area (Å²) in [5.41, 5.74) is 3.13. The number of nitrogens with one attached hydrogen (secondary N) is 3. The van der Waals surface area contributed by atoms with Crippen molar-refractivity contribution in [2.75, 3.05) is 13.1 Å². The smallest absolute Gasteiger partial charge is 0.251 e. The summed E-state index contributed by atoms with van der Waals surface area (Å²) >= 11 is 6.12. The number of hydrogen-bond donors (Lipinski definition) is 3. The molecule has 5 nitrogen and oxygen atoms in total. The van der Waals surface area contributed by atoms with Crippen LogP contribution in [0.25, 0.3) is 0 Å². The summed E-state index contributed by atoms with van der Waals surface area (Å²) in [7, 11) is 0. The van der Waals surface area contributed by atoms with Crippen LogP contribution in [0.5, 0.6) is 0 Å². The molecule has 3 atom stereocenters. The van der Waals surface area contributed by atoms with Crippen molar-refractivity contribution in [1.29, 1.82) is 0 Å². The Bertz CT molecular complexity index is 869. The van der Waals surface area contributed by atoms with Gasteiger partial charge in [0.1, 0.15) is 0 Å². The first-order chi connectivity index (χ1) is 14.4. The minimum Gasteiger partial charge on any atom is -0.355 e. The number of rotatable bonds is 8. The molecule has 0 heterocycles. The van der Waals surface area contributed by atoms with Crippen molar-refractivity contribution in [3.05, 3.63) is 70.2 Å². The van der Waals surface area contributed by atoms with Crippen molar-refractivity contribution < 1.29 is 9.59 Å². The minimum atomic E-state index is -0.117. The lowest BCUT2D eigenvalue weighted by molar-refractivity contribution is -0.118. The predicted octanol–water partition coefficient (Wildman–Crippen LogP) is 4.19. The molecule has 1 aliphatic rings. The topological polar surface area (TPSA) is 70.2 Å². The van der Waals surface area contributed by atoms with E-state index in [1.807, 2.05) is 30.3 Å². The quantitative estimate of drug-likeness (QED) is 0.553. The molecule has 1 saturated carbocycles. The summed E-state index contributed by atoms with van der Waals surface area (Å²) in [6.45, 7) is 4.49. The van der Waals surface area contributed by atoms with Crippen LogP contribution < -0.4 is 16.0 Å². The van der Waals surface area contributed by atoms with E-state index in [-0.39, 0.29) is 17.9 Å². The summed E-state index contributed by atoms with van der Waals surface area (Å²) in [5, 5.41) is 9.99. The van der Waals surface area contributed by atoms with Gasteiger partial charge in [-0.25, -0.2) is 0 Å². The standard InChI is InChI=1S/C24H30ClN3O2/c1-16(20-4-3-5-22(25)14-20)28-23-11-10-21(15-23)18-6-8-19(9-7-18)24(30)27-13-12-26-17(2)29/h3-9,14,16,21,23,28H,10-13,15H2,1-2H3,(H,26,29)(H,27,30)/t16-,21+,23?/m1/s1. The van der Waals surface area contributed by atoms with Gasteiger partial charge in [-0.1, -0.05) is 35.9 Å². The Balaban J connectivity index is 1.49. The van der Waals surface area contributed by atoms with Crippen molar-refractivity contribution in [2.24, 2.45) is 0 Å². The number of amides is 2. The van der Waals surface area contributed by atoms with Gasteiger partial charge in [0.05, 0.1) is 0 Å². The molecule has 3 N–H and O–H groups in total. The first-order valence-corrected chi connectivity index (χ1v) is 10.9. The van der Waals surface area contributed by atoms with E-state index in [1.165, 1.54) is 18.1 Å². The Morgan fingerprint density at radius 3 is 2.50 bits per heavy atom. The summed E-state index contributed by atoms with van der Waals surface area (Å²) in [6.07, 6.45) is 3.37. The van der Waals surface area contributed by atoms with Crippen LogP contribution in [0, 0.1) is 0 Å². The fraction of sp³-hybridized carbons (Fsp3) is 0.417. The number of carbonyl (C=O) groups is 2. The number of hydrogen-bond acceptors (Lipinski definition) is 3. The van der Waals surface area contributed by atoms with Crippen LogP contribution in [0.4, 0.5) is 0 Å². The van der Waals surface area contributed by atoms with Gasteiger partial charge in [0.15, 0.2) is 0 Å². The molecule has 160 valence electrons. The van der Waals surface area contributed by atoms with E-state index in [1.54, 1.807) is 0 Å². The normalized spacial score (nSPS) is 19.3. The van der Waals surface area contributed by atoms with Crippen molar-refractivity contribution in [3.63, 3.8) is 0 Å². The third-order valence-corrected chi connectivity index (χ3v) is 5.93. The summed E-state index contributed by atoms with van der Waals surface area (Å²) in [5.74, 6) is 0.291. The molecule has 0 aromatic heterocycles. The second-order valence-corrected chi connectivity index (χ2v) is 8.45. The van der Waals surface area contributed by atoms with Crippen LogP contribution in [-0.2, 0) is 4.79 Å². The zero-order valence-corrected chi connectivity index (χ0v) is 18.3. The maximum atomic E-state index is 12.2. The number of carbonyl (C=O) groups excluding carboxylic acids is 2. The molecule has 2 aromatic rings. The lowest BCUT2D eigenvalue weighted by atomic mass is 9.96. The molecular formula is C24H30ClN3O2. The van der Waals surface area contributed by atoms with Gasteiger partial charge in [0, 0.05) is 42.7 Å². The summed E-state index contributed by atoms with van der Waals surface area (Å²) in [4.78, 5) is 23.1. The molecule has 2 aromatic carbocycles. The average Bonchev–Trinajstić information content (AvgIpc) is 3.19. The van der Waals surface area contributed by atoms with E-state index in [4.69, 9.17) is 11.6 Å². The van der Waals surface area contributed by atoms with E-state index in [0.717, 1.165) is 24.3 Å². The molecule has 0 saturated heterocycles. The van der Waals surface area contributed by atoms with Crippen LogP contribution >= 0.6 is 11.6 Å². The molecule has 0 bridgehead atoms. The molecule has 2 amide bonds. The van der Waals surface area contributed by atoms with E-state index in [9.17, 15) is 9.59 Å². The van der Waals surface area contributed by atoms with Crippen LogP contribution in [-0.4, -0.2) is 30.9 Å². The third-order valence-electron chi connectivity index (χ3n) is 5.70. The van der Waals surface area contributed by atoms with E-state index in [0.29, 0.717) is 30.6 Å². The fourth-order valence-corrected chi connectivity index (χ4v) is 4.28. The molecule has 0 aliphatic heterocycles. The van der Waals surface area contributed by atoms with Crippen LogP contribution in [0.1, 0.15) is 66.6 Å². The monoisotopic (exact) mass is 427 g/mol. The Hall–Kier alpha value is -2.37. The lowest BCUT2D eigenvalue weighted by Gasteiger charge is -2.20. The van der Waals surface area contributed by atoms with Crippen LogP contribution in [0.15, 0.2) is 48.5 Å². The molecule has 1 unspecified atom stereocenters. The minimum absolute atomic E-state index is 0.0973.